The number of Topliss-reactive ketones (excluding diaryl/α,β-unsaturated/α-hetero) is 1. The van der Waals surface area contributed by atoms with Gasteiger partial charge < -0.3 is 16.4 Å². The van der Waals surface area contributed by atoms with E-state index >= 15 is 0 Å². The number of nitrogens with zero attached hydrogens (tertiary/aromatic N) is 5. The molecule has 0 radical (unpaired) electrons. The first-order valence-electron chi connectivity index (χ1n) is 12.7. The number of amides is 2. The summed E-state index contributed by atoms with van der Waals surface area (Å²) in [5, 5.41) is 4.45. The minimum atomic E-state index is -0.940. The summed E-state index contributed by atoms with van der Waals surface area (Å²) in [5.74, 6) is -1.64. The van der Waals surface area contributed by atoms with Crippen LogP contribution in [0.3, 0.4) is 0 Å². The van der Waals surface area contributed by atoms with Crippen LogP contribution in [-0.4, -0.2) is 54.2 Å². The van der Waals surface area contributed by atoms with Crippen molar-refractivity contribution in [3.8, 4) is 22.4 Å². The molecular formula is C28H27N7O3. The molecule has 192 valence electrons. The lowest BCUT2D eigenvalue weighted by atomic mass is 9.85. The highest BCUT2D eigenvalue weighted by molar-refractivity contribution is 6.34. The molecule has 6 rings (SSSR count). The summed E-state index contributed by atoms with van der Waals surface area (Å²) < 4.78 is 1.50. The molecular weight excluding hydrogens is 482 g/mol. The van der Waals surface area contributed by atoms with Gasteiger partial charge in [0.25, 0.3) is 0 Å². The SMILES string of the molecule is CC(=O)c1c(C2C[C@H]3CC[C@H](C2)N3C(=O)C(N)=O)nc2c(-c3ccc(-c4ccccc4)nc3)cnn2c1N. The fourth-order valence-electron chi connectivity index (χ4n) is 6.08. The van der Waals surface area contributed by atoms with Crippen LogP contribution in [0.5, 0.6) is 0 Å². The van der Waals surface area contributed by atoms with Crippen LogP contribution in [0.15, 0.2) is 54.9 Å². The third-order valence-corrected chi connectivity index (χ3v) is 7.77. The first-order chi connectivity index (χ1) is 18.3. The number of ketones is 1. The zero-order chi connectivity index (χ0) is 26.6. The minimum Gasteiger partial charge on any atom is -0.383 e. The Balaban J connectivity index is 1.40. The van der Waals surface area contributed by atoms with Gasteiger partial charge in [-0.25, -0.2) is 4.98 Å². The number of nitrogens with two attached hydrogens (primary N) is 2. The third kappa shape index (κ3) is 3.80. The number of pyridine rings is 1. The second kappa shape index (κ2) is 9.05. The van der Waals surface area contributed by atoms with Gasteiger partial charge in [-0.05, 0) is 38.7 Å². The summed E-state index contributed by atoms with van der Waals surface area (Å²) in [6.07, 6.45) is 6.19. The number of carbonyl (C=O) groups excluding carboxylic acids is 3. The van der Waals surface area contributed by atoms with E-state index in [0.29, 0.717) is 29.7 Å². The van der Waals surface area contributed by atoms with Crippen LogP contribution in [0.4, 0.5) is 5.82 Å². The summed E-state index contributed by atoms with van der Waals surface area (Å²) in [5.41, 5.74) is 16.8. The van der Waals surface area contributed by atoms with Gasteiger partial charge in [0.1, 0.15) is 5.82 Å². The molecule has 2 atom stereocenters. The van der Waals surface area contributed by atoms with Crippen LogP contribution in [0.2, 0.25) is 0 Å². The van der Waals surface area contributed by atoms with Gasteiger partial charge in [0.05, 0.1) is 23.1 Å². The maximum Gasteiger partial charge on any atom is 0.312 e. The van der Waals surface area contributed by atoms with Crippen LogP contribution in [-0.2, 0) is 9.59 Å². The Kier molecular flexibility index (Phi) is 5.67. The fraction of sp³-hybridized carbons (Fsp3) is 0.286. The molecule has 0 aliphatic carbocycles. The second-order valence-electron chi connectivity index (χ2n) is 10.0. The fourth-order valence-corrected chi connectivity index (χ4v) is 6.08. The number of rotatable bonds is 4. The molecule has 2 fully saturated rings. The van der Waals surface area contributed by atoms with Gasteiger partial charge in [-0.15, -0.1) is 0 Å². The summed E-state index contributed by atoms with van der Waals surface area (Å²) >= 11 is 0. The van der Waals surface area contributed by atoms with Crippen LogP contribution in [0.1, 0.15) is 54.6 Å². The Labute approximate surface area is 218 Å². The predicted octanol–water partition coefficient (Wildman–Crippen LogP) is 2.97. The van der Waals surface area contributed by atoms with Crippen molar-refractivity contribution >= 4 is 29.1 Å². The van der Waals surface area contributed by atoms with Crippen molar-refractivity contribution in [3.05, 3.63) is 66.1 Å². The molecule has 1 aromatic carbocycles. The van der Waals surface area contributed by atoms with E-state index in [2.05, 4.69) is 10.1 Å². The number of hydrogen-bond donors (Lipinski definition) is 2. The first-order valence-corrected chi connectivity index (χ1v) is 12.7. The van der Waals surface area contributed by atoms with E-state index in [9.17, 15) is 14.4 Å². The van der Waals surface area contributed by atoms with E-state index in [1.165, 1.54) is 11.4 Å². The van der Waals surface area contributed by atoms with Crippen molar-refractivity contribution in [1.29, 1.82) is 0 Å². The summed E-state index contributed by atoms with van der Waals surface area (Å²) in [7, 11) is 0. The number of benzene rings is 1. The second-order valence-corrected chi connectivity index (χ2v) is 10.0. The lowest BCUT2D eigenvalue weighted by molar-refractivity contribution is -0.147. The van der Waals surface area contributed by atoms with Gasteiger partial charge in [-0.1, -0.05) is 36.4 Å². The van der Waals surface area contributed by atoms with E-state index in [1.807, 2.05) is 42.5 Å². The molecule has 2 aliphatic rings. The smallest absolute Gasteiger partial charge is 0.312 e. The highest BCUT2D eigenvalue weighted by Crippen LogP contribution is 2.44. The van der Waals surface area contributed by atoms with Crippen molar-refractivity contribution in [1.82, 2.24) is 24.5 Å². The molecule has 0 spiro atoms. The van der Waals surface area contributed by atoms with Crippen molar-refractivity contribution < 1.29 is 14.4 Å². The van der Waals surface area contributed by atoms with Crippen molar-refractivity contribution in [2.45, 2.75) is 50.6 Å². The van der Waals surface area contributed by atoms with Gasteiger partial charge in [0.15, 0.2) is 11.4 Å². The number of aromatic nitrogens is 4. The van der Waals surface area contributed by atoms with Crippen molar-refractivity contribution in [3.63, 3.8) is 0 Å². The van der Waals surface area contributed by atoms with E-state index in [-0.39, 0.29) is 29.6 Å². The van der Waals surface area contributed by atoms with Gasteiger partial charge in [0, 0.05) is 40.9 Å². The Morgan fingerprint density at radius 2 is 1.66 bits per heavy atom. The monoisotopic (exact) mass is 509 g/mol. The van der Waals surface area contributed by atoms with E-state index in [0.717, 1.165) is 35.2 Å². The van der Waals surface area contributed by atoms with Gasteiger partial charge in [0.2, 0.25) is 0 Å². The van der Waals surface area contributed by atoms with E-state index in [4.69, 9.17) is 16.5 Å². The van der Waals surface area contributed by atoms with Gasteiger partial charge >= 0.3 is 11.8 Å². The van der Waals surface area contributed by atoms with Crippen molar-refractivity contribution in [2.24, 2.45) is 5.73 Å². The number of primary amides is 1. The Morgan fingerprint density at radius 3 is 2.26 bits per heavy atom. The standard InChI is InChI=1S/C28H27N7O3/c1-15(36)23-24(18-11-19-8-9-20(12-18)34(19)28(38)26(30)37)33-27-21(14-32-35(27)25(23)29)17-7-10-22(31-13-17)16-5-3-2-4-6-16/h2-7,10,13-14,18-20H,8-9,11-12,29H2,1H3,(H2,30,37)/t19-,20-/m1/s1. The number of piperidine rings is 1. The number of carbonyl (C=O) groups is 3. The van der Waals surface area contributed by atoms with Gasteiger partial charge in [-0.3, -0.25) is 19.4 Å². The van der Waals surface area contributed by atoms with Crippen molar-refractivity contribution in [2.75, 3.05) is 5.73 Å². The maximum atomic E-state index is 12.8. The molecule has 0 saturated carbocycles. The molecule has 4 aromatic rings. The molecule has 2 saturated heterocycles. The molecule has 2 bridgehead atoms. The third-order valence-electron chi connectivity index (χ3n) is 7.77. The quantitative estimate of drug-likeness (QED) is 0.317. The average Bonchev–Trinajstić information content (AvgIpc) is 3.46. The molecule has 2 amide bonds. The van der Waals surface area contributed by atoms with Gasteiger partial charge in [-0.2, -0.15) is 9.61 Å². The number of anilines is 1. The highest BCUT2D eigenvalue weighted by Gasteiger charge is 2.46. The zero-order valence-corrected chi connectivity index (χ0v) is 20.9. The summed E-state index contributed by atoms with van der Waals surface area (Å²) in [6.45, 7) is 1.47. The van der Waals surface area contributed by atoms with Crippen LogP contribution in [0.25, 0.3) is 28.0 Å². The molecule has 10 nitrogen and oxygen atoms in total. The number of nitrogen functional groups attached to an aromatic ring is 1. The summed E-state index contributed by atoms with van der Waals surface area (Å²) in [4.78, 5) is 48.0. The average molecular weight is 510 g/mol. The topological polar surface area (TPSA) is 150 Å². The minimum absolute atomic E-state index is 0.100. The Hall–Kier alpha value is -4.60. The Bertz CT molecular complexity index is 1570. The van der Waals surface area contributed by atoms with E-state index < -0.39 is 11.8 Å². The molecule has 0 unspecified atom stereocenters. The maximum absolute atomic E-state index is 12.8. The molecule has 10 heteroatoms. The molecule has 4 N–H and O–H groups in total. The van der Waals surface area contributed by atoms with Crippen LogP contribution in [0, 0.1) is 0 Å². The predicted molar refractivity (Wildman–Crippen MR) is 141 cm³/mol. The lowest BCUT2D eigenvalue weighted by Crippen LogP contribution is -2.50. The largest absolute Gasteiger partial charge is 0.383 e. The molecule has 38 heavy (non-hydrogen) atoms. The first kappa shape index (κ1) is 23.8. The zero-order valence-electron chi connectivity index (χ0n) is 20.9. The lowest BCUT2D eigenvalue weighted by Gasteiger charge is -2.38. The van der Waals surface area contributed by atoms with E-state index in [1.54, 1.807) is 17.3 Å². The normalized spacial score (nSPS) is 20.6. The molecule has 2 aliphatic heterocycles. The molecule has 5 heterocycles. The Morgan fingerprint density at radius 1 is 0.947 bits per heavy atom. The van der Waals surface area contributed by atoms with Crippen LogP contribution < -0.4 is 11.5 Å². The molecule has 3 aromatic heterocycles. The number of hydrogen-bond acceptors (Lipinski definition) is 7. The summed E-state index contributed by atoms with van der Waals surface area (Å²) in [6, 6.07) is 13.6. The van der Waals surface area contributed by atoms with Crippen LogP contribution >= 0.6 is 0 Å². The number of fused-ring (bicyclic) bond motifs is 3. The highest BCUT2D eigenvalue weighted by atomic mass is 16.2.